The number of nitrogens with one attached hydrogen (secondary N) is 4. The predicted molar refractivity (Wildman–Crippen MR) is 478 cm³/mol. The van der Waals surface area contributed by atoms with Crippen molar-refractivity contribution in [1.29, 1.82) is 0 Å². The van der Waals surface area contributed by atoms with E-state index in [2.05, 4.69) is 92.8 Å². The number of aromatic nitrogens is 4. The molecule has 0 unspecified atom stereocenters. The fourth-order valence-corrected chi connectivity index (χ4v) is 17.4. The second kappa shape index (κ2) is 40.7. The molecular formula is C96H108N12O10S2. The van der Waals surface area contributed by atoms with Gasteiger partial charge in [-0.25, -0.2) is 0 Å². The standard InChI is InChI=1S/2C24H27N3O3.2C24H27N3O2S/c1-16-4-11-20(12-5-16)30-23-3-2-14-27(23)18-8-13-21(24(25)29)22(15-18)26-17-6-9-19(28)10-7-17;1-16-5-2-3-6-22(16)30-23-7-4-14-27(23)18-10-13-20(24(25)29)21(15-18)26-17-8-11-19(28)12-9-17;1-16-4-11-20(12-5-16)30-23-3-2-14-27(23)18-8-13-21(24(25)29)22(15-18)26-17-6-9-19(28)10-7-17;1-16-5-2-3-6-22(16)30-23-7-4-14-27(23)18-10-13-20(24(25)29)21(15-18)26-17-8-11-19(28)12-9-17/h2-5,8,11-15,17,19,26,28H,6-7,9-10H2,1H3,(H2,25,29);2-7,10,13-15,17,19,26,28H,8-9,11-12H2,1H3,(H2,25,29);2-5,8,11-15,17,19,26,28H,6-7,9-10H2,1H3,(H2,25,29);2-7,10,13-15,17,19,26,28H,8-9,11-12H2,1H3,(H2,25,29). The van der Waals surface area contributed by atoms with Gasteiger partial charge in [0.1, 0.15) is 11.5 Å². The average Bonchev–Trinajstić information content (AvgIpc) is 1.46. The Morgan fingerprint density at radius 2 is 0.650 bits per heavy atom. The molecule has 4 fully saturated rings. The minimum absolute atomic E-state index is 0.203. The third kappa shape index (κ3) is 22.9. The Morgan fingerprint density at radius 1 is 0.333 bits per heavy atom. The van der Waals surface area contributed by atoms with Crippen LogP contribution in [0.25, 0.3) is 22.7 Å². The van der Waals surface area contributed by atoms with Crippen LogP contribution >= 0.6 is 23.5 Å². The molecule has 120 heavy (non-hydrogen) atoms. The van der Waals surface area contributed by atoms with Gasteiger partial charge in [0.05, 0.1) is 68.1 Å². The van der Waals surface area contributed by atoms with Crippen molar-refractivity contribution in [3.63, 3.8) is 0 Å². The maximum absolute atomic E-state index is 12.0. The zero-order chi connectivity index (χ0) is 84.3. The smallest absolute Gasteiger partial charge is 0.250 e. The molecule has 0 saturated heterocycles. The number of benzene rings is 8. The molecular weight excluding hydrogens is 1550 g/mol. The van der Waals surface area contributed by atoms with E-state index in [4.69, 9.17) is 32.4 Å². The Morgan fingerprint density at radius 3 is 1.02 bits per heavy atom. The first kappa shape index (κ1) is 86.0. The summed E-state index contributed by atoms with van der Waals surface area (Å²) in [5.41, 5.74) is 35.7. The van der Waals surface area contributed by atoms with Crippen molar-refractivity contribution >= 4 is 69.9 Å². The van der Waals surface area contributed by atoms with Crippen molar-refractivity contribution in [2.45, 2.75) is 199 Å². The topological polar surface area (TPSA) is 340 Å². The molecule has 624 valence electrons. The Kier molecular flexibility index (Phi) is 29.2. The van der Waals surface area contributed by atoms with Crippen molar-refractivity contribution < 1.29 is 49.1 Å². The molecule has 0 aliphatic heterocycles. The number of hydrogen-bond donors (Lipinski definition) is 12. The third-order valence-corrected chi connectivity index (χ3v) is 24.6. The summed E-state index contributed by atoms with van der Waals surface area (Å²) in [4.78, 5) is 50.3. The van der Waals surface area contributed by atoms with Crippen LogP contribution in [-0.4, -0.2) is 111 Å². The fourth-order valence-electron chi connectivity index (χ4n) is 15.5. The summed E-state index contributed by atoms with van der Waals surface area (Å²) in [5.74, 6) is 1.09. The lowest BCUT2D eigenvalue weighted by molar-refractivity contribution is 0.0992. The van der Waals surface area contributed by atoms with Crippen LogP contribution in [0, 0.1) is 27.7 Å². The van der Waals surface area contributed by atoms with Crippen molar-refractivity contribution in [2.75, 3.05) is 21.3 Å². The molecule has 4 aliphatic rings. The number of aryl methyl sites for hydroxylation is 4. The van der Waals surface area contributed by atoms with Crippen LogP contribution in [0.2, 0.25) is 0 Å². The summed E-state index contributed by atoms with van der Waals surface area (Å²) in [6.45, 7) is 8.24. The van der Waals surface area contributed by atoms with E-state index in [1.165, 1.54) is 26.5 Å². The number of anilines is 4. The molecule has 8 aromatic carbocycles. The first-order chi connectivity index (χ1) is 58.0. The summed E-state index contributed by atoms with van der Waals surface area (Å²) in [6, 6.07) is 71.8. The number of para-hydroxylation sites is 1. The molecule has 4 aliphatic carbocycles. The third-order valence-electron chi connectivity index (χ3n) is 22.4. The molecule has 0 radical (unpaired) electrons. The maximum atomic E-state index is 12.0. The van der Waals surface area contributed by atoms with Gasteiger partial charge in [-0.3, -0.25) is 28.3 Å². The SMILES string of the molecule is Cc1ccc(Oc2cccn2-c2ccc(C(N)=O)c(NC3CCC(O)CC3)c2)cc1.Cc1ccc(Sc2cccn2-c2ccc(C(N)=O)c(NC3CCC(O)CC3)c2)cc1.Cc1ccccc1Oc1cccn1-c1ccc(C(N)=O)c(NC2CCC(O)CC2)c1.Cc1ccccc1Sc1cccn1-c1ccc(C(N)=O)c(NC2CCC(O)CC2)c1. The first-order valence-corrected chi connectivity index (χ1v) is 42.8. The molecule has 0 atom stereocenters. The second-order valence-electron chi connectivity index (χ2n) is 31.4. The van der Waals surface area contributed by atoms with E-state index in [-0.39, 0.29) is 48.6 Å². The monoisotopic (exact) mass is 1650 g/mol. The predicted octanol–water partition coefficient (Wildman–Crippen LogP) is 18.3. The van der Waals surface area contributed by atoms with E-state index in [1.54, 1.807) is 47.8 Å². The minimum atomic E-state index is -0.469. The quantitative estimate of drug-likeness (QED) is 0.0267. The molecule has 4 heterocycles. The number of primary amides is 4. The summed E-state index contributed by atoms with van der Waals surface area (Å²) < 4.78 is 20.3. The van der Waals surface area contributed by atoms with E-state index in [0.29, 0.717) is 45.4 Å². The van der Waals surface area contributed by atoms with Gasteiger partial charge in [-0.15, -0.1) is 0 Å². The van der Waals surface area contributed by atoms with Crippen LogP contribution < -0.4 is 53.7 Å². The summed E-state index contributed by atoms with van der Waals surface area (Å²) >= 11 is 3.42. The van der Waals surface area contributed by atoms with Gasteiger partial charge in [-0.2, -0.15) is 0 Å². The number of nitrogens with two attached hydrogens (primary N) is 4. The molecule has 4 amide bonds. The average molecular weight is 1650 g/mol. The lowest BCUT2D eigenvalue weighted by Crippen LogP contribution is -2.29. The van der Waals surface area contributed by atoms with Gasteiger partial charge in [-0.1, -0.05) is 95.3 Å². The van der Waals surface area contributed by atoms with Crippen LogP contribution in [-0.2, 0) is 0 Å². The molecule has 22 nitrogen and oxygen atoms in total. The van der Waals surface area contributed by atoms with E-state index in [1.807, 2.05) is 193 Å². The van der Waals surface area contributed by atoms with Crippen LogP contribution in [0.15, 0.2) is 263 Å². The Hall–Kier alpha value is -11.9. The van der Waals surface area contributed by atoms with E-state index < -0.39 is 23.6 Å². The van der Waals surface area contributed by atoms with E-state index in [0.717, 1.165) is 164 Å². The minimum Gasteiger partial charge on any atom is -0.440 e. The fraction of sp³-hybridized carbons (Fsp3) is 0.292. The number of carbonyl (C=O) groups is 4. The van der Waals surface area contributed by atoms with Gasteiger partial charge >= 0.3 is 0 Å². The molecule has 16 N–H and O–H groups in total. The number of ether oxygens (including phenoxy) is 2. The first-order valence-electron chi connectivity index (χ1n) is 41.2. The lowest BCUT2D eigenvalue weighted by atomic mass is 9.92. The highest BCUT2D eigenvalue weighted by molar-refractivity contribution is 7.99. The van der Waals surface area contributed by atoms with Gasteiger partial charge in [0.15, 0.2) is 0 Å². The van der Waals surface area contributed by atoms with E-state index >= 15 is 0 Å². The zero-order valence-electron chi connectivity index (χ0n) is 68.2. The molecule has 0 spiro atoms. The highest BCUT2D eigenvalue weighted by atomic mass is 32.2. The largest absolute Gasteiger partial charge is 0.440 e. The maximum Gasteiger partial charge on any atom is 0.250 e. The number of hydrogen-bond acceptors (Lipinski definition) is 16. The second-order valence-corrected chi connectivity index (χ2v) is 33.6. The Bertz CT molecular complexity index is 5120. The van der Waals surface area contributed by atoms with Crippen LogP contribution in [0.4, 0.5) is 22.7 Å². The zero-order valence-corrected chi connectivity index (χ0v) is 69.8. The highest BCUT2D eigenvalue weighted by Crippen LogP contribution is 2.39. The van der Waals surface area contributed by atoms with Gasteiger partial charge < -0.3 is 83.2 Å². The lowest BCUT2D eigenvalue weighted by Gasteiger charge is -2.28. The molecule has 0 bridgehead atoms. The number of rotatable bonds is 24. The number of aliphatic hydroxyl groups excluding tert-OH is 4. The van der Waals surface area contributed by atoms with Crippen LogP contribution in [0.1, 0.15) is 166 Å². The van der Waals surface area contributed by atoms with Crippen molar-refractivity contribution in [2.24, 2.45) is 22.9 Å². The van der Waals surface area contributed by atoms with Crippen LogP contribution in [0.5, 0.6) is 23.3 Å². The van der Waals surface area contributed by atoms with Crippen molar-refractivity contribution in [3.8, 4) is 46.0 Å². The van der Waals surface area contributed by atoms with Gasteiger partial charge in [-0.05, 0) is 287 Å². The van der Waals surface area contributed by atoms with E-state index in [9.17, 15) is 39.6 Å². The molecule has 12 aromatic rings. The summed E-state index contributed by atoms with van der Waals surface area (Å²) in [6.07, 6.45) is 20.1. The van der Waals surface area contributed by atoms with Gasteiger partial charge in [0.2, 0.25) is 11.8 Å². The van der Waals surface area contributed by atoms with Crippen molar-refractivity contribution in [1.82, 2.24) is 18.3 Å². The Labute approximate surface area is 709 Å². The van der Waals surface area contributed by atoms with Gasteiger partial charge in [0, 0.05) is 105 Å². The molecule has 24 heteroatoms. The molecule has 16 rings (SSSR count). The number of amides is 4. The Balaban J connectivity index is 0.000000138. The molecule has 4 saturated carbocycles. The van der Waals surface area contributed by atoms with Crippen LogP contribution in [0.3, 0.4) is 0 Å². The summed E-state index contributed by atoms with van der Waals surface area (Å²) in [7, 11) is 0. The van der Waals surface area contributed by atoms with Crippen molar-refractivity contribution in [3.05, 3.63) is 288 Å². The number of aliphatic hydroxyl groups is 4. The normalized spacial score (nSPS) is 18.8. The number of carbonyl (C=O) groups excluding carboxylic acids is 4. The van der Waals surface area contributed by atoms with Gasteiger partial charge in [0.25, 0.3) is 23.6 Å². The highest BCUT2D eigenvalue weighted by Gasteiger charge is 2.27. The summed E-state index contributed by atoms with van der Waals surface area (Å²) in [5, 5.41) is 55.2. The molecule has 4 aromatic heterocycles. The number of nitrogens with zero attached hydrogens (tertiary/aromatic N) is 4.